The molecule has 0 aliphatic carbocycles. The number of hydrogen-bond acceptors (Lipinski definition) is 6. The van der Waals surface area contributed by atoms with E-state index >= 15 is 0 Å². The van der Waals surface area contributed by atoms with Crippen LogP contribution in [0, 0.1) is 0 Å². The predicted molar refractivity (Wildman–Crippen MR) is 126 cm³/mol. The molecule has 2 saturated heterocycles. The fourth-order valence-corrected chi connectivity index (χ4v) is 4.09. The van der Waals surface area contributed by atoms with Crippen LogP contribution in [0.5, 0.6) is 0 Å². The van der Waals surface area contributed by atoms with E-state index in [9.17, 15) is 4.79 Å². The number of hydrogen-bond donors (Lipinski definition) is 0. The molecule has 172 valence electrons. The van der Waals surface area contributed by atoms with E-state index in [1.165, 1.54) is 16.7 Å². The zero-order chi connectivity index (χ0) is 22.6. The van der Waals surface area contributed by atoms with Crippen LogP contribution in [-0.4, -0.2) is 79.0 Å². The summed E-state index contributed by atoms with van der Waals surface area (Å²) >= 11 is 0. The largest absolute Gasteiger partial charge is 0.444 e. The summed E-state index contributed by atoms with van der Waals surface area (Å²) in [6, 6.07) is 13.0. The van der Waals surface area contributed by atoms with Gasteiger partial charge in [-0.1, -0.05) is 18.2 Å². The lowest BCUT2D eigenvalue weighted by atomic mass is 10.0. The molecule has 0 radical (unpaired) electrons. The molecule has 2 aliphatic rings. The Kier molecular flexibility index (Phi) is 6.96. The number of aromatic nitrogens is 1. The molecule has 1 amide bonds. The number of carbonyl (C=O) groups excluding carboxylic acids is 1. The molecule has 7 nitrogen and oxygen atoms in total. The maximum absolute atomic E-state index is 12.3. The van der Waals surface area contributed by atoms with Crippen LogP contribution in [0.15, 0.2) is 42.6 Å². The Bertz CT molecular complexity index is 913. The number of benzene rings is 1. The second-order valence-electron chi connectivity index (χ2n) is 9.45. The highest BCUT2D eigenvalue weighted by molar-refractivity contribution is 5.68. The smallest absolute Gasteiger partial charge is 0.410 e. The van der Waals surface area contributed by atoms with Crippen molar-refractivity contribution in [1.82, 2.24) is 14.8 Å². The summed E-state index contributed by atoms with van der Waals surface area (Å²) in [5.41, 5.74) is 3.20. The van der Waals surface area contributed by atoms with Gasteiger partial charge in [-0.05, 0) is 55.7 Å². The number of rotatable bonds is 4. The number of amides is 1. The van der Waals surface area contributed by atoms with Crippen molar-refractivity contribution in [3.05, 3.63) is 48.2 Å². The van der Waals surface area contributed by atoms with E-state index in [-0.39, 0.29) is 6.09 Å². The summed E-state index contributed by atoms with van der Waals surface area (Å²) in [5.74, 6) is 1.01. The van der Waals surface area contributed by atoms with Gasteiger partial charge >= 0.3 is 6.09 Å². The number of morpholine rings is 1. The third-order valence-electron chi connectivity index (χ3n) is 5.77. The number of ether oxygens (including phenoxy) is 2. The van der Waals surface area contributed by atoms with Crippen molar-refractivity contribution >= 4 is 11.9 Å². The first-order chi connectivity index (χ1) is 15.4. The molecule has 0 unspecified atom stereocenters. The van der Waals surface area contributed by atoms with Crippen LogP contribution in [0.25, 0.3) is 11.1 Å². The molecule has 32 heavy (non-hydrogen) atoms. The first kappa shape index (κ1) is 22.6. The Morgan fingerprint density at radius 1 is 1.00 bits per heavy atom. The summed E-state index contributed by atoms with van der Waals surface area (Å²) in [4.78, 5) is 23.3. The van der Waals surface area contributed by atoms with Crippen molar-refractivity contribution in [2.75, 3.05) is 57.4 Å². The molecule has 0 atom stereocenters. The maximum atomic E-state index is 12.3. The maximum Gasteiger partial charge on any atom is 0.410 e. The van der Waals surface area contributed by atoms with E-state index in [0.717, 1.165) is 51.8 Å². The first-order valence-corrected chi connectivity index (χ1v) is 11.5. The van der Waals surface area contributed by atoms with E-state index in [1.807, 2.05) is 31.9 Å². The fraction of sp³-hybridized carbons (Fsp3) is 0.520. The second kappa shape index (κ2) is 9.88. The monoisotopic (exact) mass is 438 g/mol. The van der Waals surface area contributed by atoms with Crippen LogP contribution in [0.4, 0.5) is 10.6 Å². The van der Waals surface area contributed by atoms with Gasteiger partial charge in [-0.15, -0.1) is 0 Å². The van der Waals surface area contributed by atoms with Crippen LogP contribution in [0.3, 0.4) is 0 Å². The number of carbonyl (C=O) groups is 1. The highest BCUT2D eigenvalue weighted by Gasteiger charge is 2.25. The van der Waals surface area contributed by atoms with Crippen LogP contribution >= 0.6 is 0 Å². The van der Waals surface area contributed by atoms with Crippen LogP contribution in [0.1, 0.15) is 26.3 Å². The third-order valence-corrected chi connectivity index (χ3v) is 5.77. The van der Waals surface area contributed by atoms with Crippen molar-refractivity contribution in [2.24, 2.45) is 0 Å². The molecule has 3 heterocycles. The summed E-state index contributed by atoms with van der Waals surface area (Å²) in [7, 11) is 0. The van der Waals surface area contributed by atoms with Gasteiger partial charge in [0.2, 0.25) is 0 Å². The number of piperazine rings is 1. The molecule has 2 aliphatic heterocycles. The molecule has 2 aromatic rings. The van der Waals surface area contributed by atoms with Gasteiger partial charge < -0.3 is 19.3 Å². The Labute approximate surface area is 190 Å². The van der Waals surface area contributed by atoms with E-state index in [1.54, 1.807) is 0 Å². The zero-order valence-corrected chi connectivity index (χ0v) is 19.4. The number of nitrogens with zero attached hydrogens (tertiary/aromatic N) is 4. The molecular formula is C25H34N4O3. The lowest BCUT2D eigenvalue weighted by Gasteiger charge is -2.35. The lowest BCUT2D eigenvalue weighted by molar-refractivity contribution is 0.0139. The van der Waals surface area contributed by atoms with E-state index < -0.39 is 5.60 Å². The van der Waals surface area contributed by atoms with Gasteiger partial charge in [0.1, 0.15) is 11.4 Å². The van der Waals surface area contributed by atoms with Crippen molar-refractivity contribution in [3.8, 4) is 11.1 Å². The first-order valence-electron chi connectivity index (χ1n) is 11.5. The molecule has 4 rings (SSSR count). The molecule has 7 heteroatoms. The van der Waals surface area contributed by atoms with Crippen molar-refractivity contribution in [2.45, 2.75) is 32.9 Å². The molecule has 2 fully saturated rings. The summed E-state index contributed by atoms with van der Waals surface area (Å²) in [6.07, 6.45) is 1.68. The molecule has 0 saturated carbocycles. The van der Waals surface area contributed by atoms with Crippen LogP contribution in [0.2, 0.25) is 0 Å². The van der Waals surface area contributed by atoms with Crippen molar-refractivity contribution in [1.29, 1.82) is 0 Å². The average Bonchev–Trinajstić information content (AvgIpc) is 2.79. The fourth-order valence-electron chi connectivity index (χ4n) is 4.09. The van der Waals surface area contributed by atoms with E-state index in [0.29, 0.717) is 13.1 Å². The average molecular weight is 439 g/mol. The van der Waals surface area contributed by atoms with E-state index in [4.69, 9.17) is 9.47 Å². The van der Waals surface area contributed by atoms with Crippen molar-refractivity contribution < 1.29 is 14.3 Å². The minimum absolute atomic E-state index is 0.215. The minimum Gasteiger partial charge on any atom is -0.444 e. The Morgan fingerprint density at radius 2 is 1.72 bits per heavy atom. The topological polar surface area (TPSA) is 58.1 Å². The normalized spacial score (nSPS) is 18.0. The van der Waals surface area contributed by atoms with Crippen LogP contribution in [-0.2, 0) is 16.0 Å². The molecule has 1 aromatic carbocycles. The highest BCUT2D eigenvalue weighted by Crippen LogP contribution is 2.25. The van der Waals surface area contributed by atoms with Crippen molar-refractivity contribution in [3.63, 3.8) is 0 Å². The van der Waals surface area contributed by atoms with Gasteiger partial charge in [-0.3, -0.25) is 4.90 Å². The highest BCUT2D eigenvalue weighted by atomic mass is 16.6. The Balaban J connectivity index is 1.37. The van der Waals surface area contributed by atoms with Gasteiger partial charge in [-0.25, -0.2) is 9.78 Å². The van der Waals surface area contributed by atoms with Gasteiger partial charge in [-0.2, -0.15) is 0 Å². The molecule has 0 bridgehead atoms. The number of pyridine rings is 1. The minimum atomic E-state index is -0.455. The van der Waals surface area contributed by atoms with Gasteiger partial charge in [0.15, 0.2) is 0 Å². The molecule has 0 spiro atoms. The number of anilines is 1. The van der Waals surface area contributed by atoms with Gasteiger partial charge in [0.05, 0.1) is 13.2 Å². The Hall–Kier alpha value is -2.64. The SMILES string of the molecule is CC(C)(C)OC(=O)N1CCN(Cc2cccc(-c3ccnc(N4CCOCC4)c3)c2)CC1. The molecule has 1 aromatic heterocycles. The summed E-state index contributed by atoms with van der Waals surface area (Å²) < 4.78 is 11.0. The third kappa shape index (κ3) is 5.99. The lowest BCUT2D eigenvalue weighted by Crippen LogP contribution is -2.49. The standard InChI is InChI=1S/C25H34N4O3/c1-25(2,3)32-24(30)29-11-9-27(10-12-29)19-20-5-4-6-21(17-20)22-7-8-26-23(18-22)28-13-15-31-16-14-28/h4-8,17-18H,9-16,19H2,1-3H3. The second-order valence-corrected chi connectivity index (χ2v) is 9.45. The summed E-state index contributed by atoms with van der Waals surface area (Å²) in [6.45, 7) is 12.9. The van der Waals surface area contributed by atoms with Gasteiger partial charge in [0, 0.05) is 52.0 Å². The quantitative estimate of drug-likeness (QED) is 0.727. The predicted octanol–water partition coefficient (Wildman–Crippen LogP) is 3.64. The van der Waals surface area contributed by atoms with E-state index in [2.05, 4.69) is 51.2 Å². The summed E-state index contributed by atoms with van der Waals surface area (Å²) in [5, 5.41) is 0. The molecular weight excluding hydrogens is 404 g/mol. The van der Waals surface area contributed by atoms with Crippen LogP contribution < -0.4 is 4.90 Å². The zero-order valence-electron chi connectivity index (χ0n) is 19.4. The molecule has 0 N–H and O–H groups in total. The Morgan fingerprint density at radius 3 is 2.44 bits per heavy atom. The van der Waals surface area contributed by atoms with Gasteiger partial charge in [0.25, 0.3) is 0 Å².